The molecule has 0 aromatic rings. The van der Waals surface area contributed by atoms with Crippen LogP contribution < -0.4 is 5.43 Å². The van der Waals surface area contributed by atoms with E-state index in [1.54, 1.807) is 19.3 Å². The summed E-state index contributed by atoms with van der Waals surface area (Å²) >= 11 is 0. The van der Waals surface area contributed by atoms with E-state index >= 15 is 0 Å². The van der Waals surface area contributed by atoms with Crippen LogP contribution in [0.2, 0.25) is 0 Å². The molecule has 1 unspecified atom stereocenters. The van der Waals surface area contributed by atoms with Crippen LogP contribution in [-0.4, -0.2) is 37.4 Å². The molecule has 3 nitrogen and oxygen atoms in total. The molecule has 0 aromatic heterocycles. The highest BCUT2D eigenvalue weighted by atomic mass is 16.5. The number of nitrogens with zero attached hydrogens (tertiary/aromatic N) is 1. The number of hydrogen-bond acceptors (Lipinski definition) is 3. The second-order valence-electron chi connectivity index (χ2n) is 7.73. The molecule has 3 heteroatoms. The van der Waals surface area contributed by atoms with Crippen molar-refractivity contribution in [2.24, 2.45) is 23.2 Å². The summed E-state index contributed by atoms with van der Waals surface area (Å²) < 4.78 is 5.45. The summed E-state index contributed by atoms with van der Waals surface area (Å²) in [6.45, 7) is 6.33. The summed E-state index contributed by atoms with van der Waals surface area (Å²) in [7, 11) is 0. The lowest BCUT2D eigenvalue weighted by Gasteiger charge is -2.59. The van der Waals surface area contributed by atoms with Gasteiger partial charge >= 0.3 is 0 Å². The van der Waals surface area contributed by atoms with Crippen LogP contribution in [0.15, 0.2) is 0 Å². The number of hydrazine groups is 1. The summed E-state index contributed by atoms with van der Waals surface area (Å²) in [5.41, 5.74) is 4.45. The summed E-state index contributed by atoms with van der Waals surface area (Å²) in [4.78, 5) is 0. The number of nitrogens with one attached hydrogen (secondary N) is 1. The van der Waals surface area contributed by atoms with Crippen molar-refractivity contribution in [2.75, 3.05) is 26.3 Å². The van der Waals surface area contributed by atoms with Gasteiger partial charge in [-0.2, -0.15) is 0 Å². The van der Waals surface area contributed by atoms with Gasteiger partial charge < -0.3 is 4.74 Å². The van der Waals surface area contributed by atoms with Gasteiger partial charge in [0.05, 0.1) is 13.2 Å². The van der Waals surface area contributed by atoms with Gasteiger partial charge in [-0.05, 0) is 68.6 Å². The maximum atomic E-state index is 5.45. The second-order valence-corrected chi connectivity index (χ2v) is 7.73. The molecule has 5 aliphatic rings. The largest absolute Gasteiger partial charge is 0.379 e. The highest BCUT2D eigenvalue weighted by Gasteiger charge is 2.53. The zero-order valence-corrected chi connectivity index (χ0v) is 12.2. The third-order valence-electron chi connectivity index (χ3n) is 6.39. The lowest BCUT2D eigenvalue weighted by atomic mass is 9.48. The van der Waals surface area contributed by atoms with E-state index < -0.39 is 0 Å². The van der Waals surface area contributed by atoms with Gasteiger partial charge in [0.2, 0.25) is 0 Å². The van der Waals surface area contributed by atoms with Crippen molar-refractivity contribution >= 4 is 0 Å². The average Bonchev–Trinajstić information content (AvgIpc) is 2.38. The van der Waals surface area contributed by atoms with Crippen LogP contribution in [0.3, 0.4) is 0 Å². The van der Waals surface area contributed by atoms with E-state index in [-0.39, 0.29) is 0 Å². The number of ether oxygens (including phenoxy) is 1. The fraction of sp³-hybridized carbons (Fsp3) is 1.00. The summed E-state index contributed by atoms with van der Waals surface area (Å²) in [5.74, 6) is 3.17. The predicted octanol–water partition coefficient (Wildman–Crippen LogP) is 2.43. The molecule has 1 atom stereocenters. The third kappa shape index (κ3) is 2.24. The van der Waals surface area contributed by atoms with Crippen LogP contribution in [0.5, 0.6) is 0 Å². The van der Waals surface area contributed by atoms with Gasteiger partial charge in [0.25, 0.3) is 0 Å². The van der Waals surface area contributed by atoms with Crippen LogP contribution in [0.4, 0.5) is 0 Å². The molecule has 0 amide bonds. The molecule has 1 saturated heterocycles. The van der Waals surface area contributed by atoms with Gasteiger partial charge in [-0.3, -0.25) is 5.43 Å². The minimum atomic E-state index is 0.618. The quantitative estimate of drug-likeness (QED) is 0.847. The van der Waals surface area contributed by atoms with Crippen molar-refractivity contribution in [3.63, 3.8) is 0 Å². The number of morpholine rings is 1. The second kappa shape index (κ2) is 4.71. The Morgan fingerprint density at radius 1 is 1.00 bits per heavy atom. The first-order valence-corrected chi connectivity index (χ1v) is 8.32. The topological polar surface area (TPSA) is 24.5 Å². The minimum Gasteiger partial charge on any atom is -0.379 e. The van der Waals surface area contributed by atoms with Gasteiger partial charge in [0.1, 0.15) is 0 Å². The molecule has 0 radical (unpaired) electrons. The zero-order chi connectivity index (χ0) is 12.9. The van der Waals surface area contributed by atoms with Gasteiger partial charge in [-0.25, -0.2) is 5.01 Å². The monoisotopic (exact) mass is 264 g/mol. The van der Waals surface area contributed by atoms with Gasteiger partial charge in [-0.1, -0.05) is 0 Å². The molecule has 5 rings (SSSR count). The molecule has 108 valence electrons. The molecule has 5 fully saturated rings. The van der Waals surface area contributed by atoms with Crippen LogP contribution in [0, 0.1) is 23.2 Å². The molecule has 4 bridgehead atoms. The van der Waals surface area contributed by atoms with Crippen molar-refractivity contribution in [1.29, 1.82) is 0 Å². The maximum Gasteiger partial charge on any atom is 0.0608 e. The first kappa shape index (κ1) is 12.6. The van der Waals surface area contributed by atoms with E-state index in [1.807, 2.05) is 0 Å². The normalized spacial score (nSPS) is 47.5. The molecule has 4 aliphatic carbocycles. The molecule has 0 spiro atoms. The maximum absolute atomic E-state index is 5.45. The molecule has 1 aliphatic heterocycles. The summed E-state index contributed by atoms with van der Waals surface area (Å²) in [6.07, 6.45) is 9.13. The van der Waals surface area contributed by atoms with Crippen molar-refractivity contribution in [2.45, 2.75) is 51.5 Å². The average molecular weight is 264 g/mol. The van der Waals surface area contributed by atoms with Crippen molar-refractivity contribution in [3.05, 3.63) is 0 Å². The van der Waals surface area contributed by atoms with Gasteiger partial charge in [0.15, 0.2) is 0 Å². The van der Waals surface area contributed by atoms with Crippen LogP contribution >= 0.6 is 0 Å². The molecule has 0 aromatic carbocycles. The molecular formula is C16H28N2O. The van der Waals surface area contributed by atoms with E-state index in [9.17, 15) is 0 Å². The fourth-order valence-electron chi connectivity index (χ4n) is 5.81. The fourth-order valence-corrected chi connectivity index (χ4v) is 5.81. The third-order valence-corrected chi connectivity index (χ3v) is 6.39. The Labute approximate surface area is 117 Å². The smallest absolute Gasteiger partial charge is 0.0608 e. The summed E-state index contributed by atoms with van der Waals surface area (Å²) in [5, 5.41) is 2.41. The lowest BCUT2D eigenvalue weighted by molar-refractivity contribution is -0.0916. The highest BCUT2D eigenvalue weighted by Crippen LogP contribution is 2.61. The Morgan fingerprint density at radius 3 is 2.05 bits per heavy atom. The first-order valence-electron chi connectivity index (χ1n) is 8.32. The Morgan fingerprint density at radius 2 is 1.53 bits per heavy atom. The zero-order valence-electron chi connectivity index (χ0n) is 12.2. The van der Waals surface area contributed by atoms with E-state index in [0.717, 1.165) is 44.1 Å². The van der Waals surface area contributed by atoms with Crippen molar-refractivity contribution < 1.29 is 4.74 Å². The van der Waals surface area contributed by atoms with Crippen LogP contribution in [0.1, 0.15) is 45.4 Å². The van der Waals surface area contributed by atoms with Crippen molar-refractivity contribution in [1.82, 2.24) is 10.4 Å². The molecule has 1 N–H and O–H groups in total. The van der Waals surface area contributed by atoms with Crippen LogP contribution in [-0.2, 0) is 4.74 Å². The SMILES string of the molecule is CC(NN1CCOCC1)C12CC3CC(CC(C3)C1)C2. The van der Waals surface area contributed by atoms with Crippen LogP contribution in [0.25, 0.3) is 0 Å². The van der Waals surface area contributed by atoms with Crippen molar-refractivity contribution in [3.8, 4) is 0 Å². The summed E-state index contributed by atoms with van der Waals surface area (Å²) in [6, 6.07) is 0.652. The van der Waals surface area contributed by atoms with Gasteiger partial charge in [0, 0.05) is 19.1 Å². The number of rotatable bonds is 3. The molecule has 19 heavy (non-hydrogen) atoms. The predicted molar refractivity (Wildman–Crippen MR) is 75.6 cm³/mol. The number of hydrogen-bond donors (Lipinski definition) is 1. The standard InChI is InChI=1S/C16H28N2O/c1-12(17-18-2-4-19-5-3-18)16-9-13-6-14(10-16)8-15(7-13)11-16/h12-15,17H,2-11H2,1H3. The Bertz CT molecular complexity index is 302. The Hall–Kier alpha value is -0.120. The van der Waals surface area contributed by atoms with E-state index in [1.165, 1.54) is 19.3 Å². The van der Waals surface area contributed by atoms with E-state index in [2.05, 4.69) is 17.4 Å². The molecule has 4 saturated carbocycles. The molecule has 1 heterocycles. The van der Waals surface area contributed by atoms with E-state index in [0.29, 0.717) is 11.5 Å². The first-order chi connectivity index (χ1) is 9.23. The minimum absolute atomic E-state index is 0.618. The van der Waals surface area contributed by atoms with E-state index in [4.69, 9.17) is 4.74 Å². The van der Waals surface area contributed by atoms with Gasteiger partial charge in [-0.15, -0.1) is 0 Å². The Kier molecular flexibility index (Phi) is 3.13. The Balaban J connectivity index is 1.45. The molecular weight excluding hydrogens is 236 g/mol. The lowest BCUT2D eigenvalue weighted by Crippen LogP contribution is -2.59. The highest BCUT2D eigenvalue weighted by molar-refractivity contribution is 5.04.